The molecule has 1 aliphatic rings. The molecule has 3 rings (SSSR count). The maximum Gasteiger partial charge on any atom is 0.161 e. The van der Waals surface area contributed by atoms with Gasteiger partial charge in [0.1, 0.15) is 5.75 Å². The maximum atomic E-state index is 12.4. The van der Waals surface area contributed by atoms with Crippen molar-refractivity contribution in [2.24, 2.45) is 0 Å². The fourth-order valence-corrected chi connectivity index (χ4v) is 3.58. The monoisotopic (exact) mass is 413 g/mol. The summed E-state index contributed by atoms with van der Waals surface area (Å²) in [6.07, 6.45) is 3.56. The molecule has 0 atom stereocenters. The van der Waals surface area contributed by atoms with E-state index in [-0.39, 0.29) is 5.78 Å². The molecule has 3 nitrogen and oxygen atoms in total. The van der Waals surface area contributed by atoms with Crippen LogP contribution in [0.1, 0.15) is 30.9 Å². The van der Waals surface area contributed by atoms with E-state index in [1.807, 2.05) is 30.3 Å². The average molecular weight is 414 g/mol. The first-order chi connectivity index (χ1) is 12.7. The van der Waals surface area contributed by atoms with Gasteiger partial charge in [-0.2, -0.15) is 0 Å². The third kappa shape index (κ3) is 5.05. The van der Waals surface area contributed by atoms with Crippen molar-refractivity contribution in [3.8, 4) is 5.75 Å². The Morgan fingerprint density at radius 2 is 2.00 bits per heavy atom. The second kappa shape index (κ2) is 9.15. The van der Waals surface area contributed by atoms with Crippen molar-refractivity contribution in [2.45, 2.75) is 26.3 Å². The molecule has 26 heavy (non-hydrogen) atoms. The van der Waals surface area contributed by atoms with Gasteiger partial charge in [0.25, 0.3) is 0 Å². The number of rotatable bonds is 6. The molecule has 0 radical (unpaired) electrons. The van der Waals surface area contributed by atoms with Gasteiger partial charge in [-0.15, -0.1) is 0 Å². The zero-order chi connectivity index (χ0) is 18.4. The van der Waals surface area contributed by atoms with Gasteiger partial charge >= 0.3 is 0 Å². The molecule has 2 aromatic carbocycles. The van der Waals surface area contributed by atoms with Crippen LogP contribution in [0.4, 0.5) is 0 Å². The van der Waals surface area contributed by atoms with Crippen molar-refractivity contribution in [2.75, 3.05) is 19.7 Å². The summed E-state index contributed by atoms with van der Waals surface area (Å²) in [7, 11) is 0. The molecular weight excluding hydrogens is 390 g/mol. The number of halogens is 1. The van der Waals surface area contributed by atoms with Crippen molar-refractivity contribution in [3.63, 3.8) is 0 Å². The van der Waals surface area contributed by atoms with Gasteiger partial charge in [0.2, 0.25) is 0 Å². The molecule has 0 amide bonds. The van der Waals surface area contributed by atoms with Gasteiger partial charge in [-0.3, -0.25) is 9.69 Å². The van der Waals surface area contributed by atoms with Crippen LogP contribution in [0.15, 0.2) is 58.6 Å². The van der Waals surface area contributed by atoms with Crippen LogP contribution in [0.25, 0.3) is 6.08 Å². The van der Waals surface area contributed by atoms with Crippen LogP contribution in [0.3, 0.4) is 0 Å². The van der Waals surface area contributed by atoms with Gasteiger partial charge in [-0.1, -0.05) is 43.3 Å². The number of hydrogen-bond acceptors (Lipinski definition) is 3. The Hall–Kier alpha value is -1.91. The van der Waals surface area contributed by atoms with Crippen molar-refractivity contribution in [1.29, 1.82) is 0 Å². The largest absolute Gasteiger partial charge is 0.492 e. The molecule has 0 bridgehead atoms. The third-order valence-corrected chi connectivity index (χ3v) is 5.03. The van der Waals surface area contributed by atoms with Crippen LogP contribution in [0.5, 0.6) is 5.75 Å². The number of ketones is 1. The second-order valence-electron chi connectivity index (χ2n) is 6.58. The van der Waals surface area contributed by atoms with Crippen molar-refractivity contribution < 1.29 is 9.53 Å². The summed E-state index contributed by atoms with van der Waals surface area (Å²) in [4.78, 5) is 14.7. The van der Waals surface area contributed by atoms with Gasteiger partial charge < -0.3 is 4.74 Å². The first kappa shape index (κ1) is 18.9. The Bertz CT molecular complexity index is 786. The van der Waals surface area contributed by atoms with Gasteiger partial charge in [0, 0.05) is 31.6 Å². The predicted octanol–water partition coefficient (Wildman–Crippen LogP) is 5.10. The normalized spacial score (nSPS) is 16.8. The van der Waals surface area contributed by atoms with Crippen LogP contribution >= 0.6 is 15.9 Å². The molecule has 2 aromatic rings. The van der Waals surface area contributed by atoms with E-state index in [1.165, 1.54) is 5.56 Å². The standard InChI is InChI=1S/C22H24BrNO2/c1-2-12-26-22-9-8-18(14-20(22)23)13-19-16-24(11-10-21(19)25)15-17-6-4-3-5-7-17/h3-9,13-14H,2,10-12,15-16H2,1H3/b19-13+. The minimum atomic E-state index is 0.247. The molecule has 1 saturated heterocycles. The zero-order valence-corrected chi connectivity index (χ0v) is 16.7. The summed E-state index contributed by atoms with van der Waals surface area (Å²) in [5.41, 5.74) is 3.17. The number of nitrogens with zero attached hydrogens (tertiary/aromatic N) is 1. The van der Waals surface area contributed by atoms with Gasteiger partial charge in [0.15, 0.2) is 5.78 Å². The SMILES string of the molecule is CCCOc1ccc(/C=C2\CN(Cc3ccccc3)CCC2=O)cc1Br. The van der Waals surface area contributed by atoms with Crippen molar-refractivity contribution >= 4 is 27.8 Å². The van der Waals surface area contributed by atoms with E-state index in [9.17, 15) is 4.79 Å². The predicted molar refractivity (Wildman–Crippen MR) is 109 cm³/mol. The second-order valence-corrected chi connectivity index (χ2v) is 7.43. The number of benzene rings is 2. The van der Waals surface area contributed by atoms with E-state index in [0.29, 0.717) is 19.6 Å². The summed E-state index contributed by atoms with van der Waals surface area (Å²) in [5, 5.41) is 0. The van der Waals surface area contributed by atoms with Gasteiger partial charge in [0.05, 0.1) is 11.1 Å². The van der Waals surface area contributed by atoms with Gasteiger partial charge in [-0.05, 0) is 51.7 Å². The van der Waals surface area contributed by atoms with Crippen LogP contribution in [0.2, 0.25) is 0 Å². The Morgan fingerprint density at radius 3 is 2.73 bits per heavy atom. The summed E-state index contributed by atoms with van der Waals surface area (Å²) in [6, 6.07) is 16.4. The minimum Gasteiger partial charge on any atom is -0.492 e. The number of carbonyl (C=O) groups is 1. The number of likely N-dealkylation sites (tertiary alicyclic amines) is 1. The fourth-order valence-electron chi connectivity index (χ4n) is 3.07. The molecule has 0 unspecified atom stereocenters. The molecule has 4 heteroatoms. The van der Waals surface area contributed by atoms with Crippen LogP contribution in [0, 0.1) is 0 Å². The first-order valence-electron chi connectivity index (χ1n) is 9.08. The highest BCUT2D eigenvalue weighted by molar-refractivity contribution is 9.10. The van der Waals surface area contributed by atoms with E-state index >= 15 is 0 Å². The average Bonchev–Trinajstić information content (AvgIpc) is 2.65. The highest BCUT2D eigenvalue weighted by Crippen LogP contribution is 2.28. The molecule has 0 aliphatic carbocycles. The van der Waals surface area contributed by atoms with E-state index in [2.05, 4.69) is 52.0 Å². The number of hydrogen-bond donors (Lipinski definition) is 0. The van der Waals surface area contributed by atoms with Crippen LogP contribution in [-0.2, 0) is 11.3 Å². The Labute approximate surface area is 163 Å². The van der Waals surface area contributed by atoms with Crippen LogP contribution in [-0.4, -0.2) is 30.4 Å². The minimum absolute atomic E-state index is 0.247. The molecule has 1 fully saturated rings. The number of carbonyl (C=O) groups excluding carboxylic acids is 1. The van der Waals surface area contributed by atoms with E-state index in [1.54, 1.807) is 0 Å². The lowest BCUT2D eigenvalue weighted by molar-refractivity contribution is -0.117. The summed E-state index contributed by atoms with van der Waals surface area (Å²) in [6.45, 7) is 5.17. The maximum absolute atomic E-state index is 12.4. The summed E-state index contributed by atoms with van der Waals surface area (Å²) in [5.74, 6) is 1.09. The topological polar surface area (TPSA) is 29.5 Å². The van der Waals surface area contributed by atoms with E-state index in [0.717, 1.165) is 40.9 Å². The van der Waals surface area contributed by atoms with E-state index < -0.39 is 0 Å². The number of ether oxygens (including phenoxy) is 1. The molecule has 0 spiro atoms. The smallest absolute Gasteiger partial charge is 0.161 e. The number of piperidine rings is 1. The highest BCUT2D eigenvalue weighted by atomic mass is 79.9. The third-order valence-electron chi connectivity index (χ3n) is 4.41. The lowest BCUT2D eigenvalue weighted by atomic mass is 9.99. The van der Waals surface area contributed by atoms with E-state index in [4.69, 9.17) is 4.74 Å². The zero-order valence-electron chi connectivity index (χ0n) is 15.1. The Kier molecular flexibility index (Phi) is 6.64. The highest BCUT2D eigenvalue weighted by Gasteiger charge is 2.21. The molecule has 0 aromatic heterocycles. The molecule has 1 aliphatic heterocycles. The first-order valence-corrected chi connectivity index (χ1v) is 9.87. The van der Waals surface area contributed by atoms with Gasteiger partial charge in [-0.25, -0.2) is 0 Å². The molecule has 0 saturated carbocycles. The number of Topliss-reactive ketones (excluding diaryl/α,β-unsaturated/α-hetero) is 1. The molecule has 136 valence electrons. The molecular formula is C22H24BrNO2. The molecule has 1 heterocycles. The lowest BCUT2D eigenvalue weighted by Gasteiger charge is -2.27. The summed E-state index contributed by atoms with van der Waals surface area (Å²) < 4.78 is 6.61. The Balaban J connectivity index is 1.72. The fraction of sp³-hybridized carbons (Fsp3) is 0.318. The van der Waals surface area contributed by atoms with Crippen molar-refractivity contribution in [3.05, 3.63) is 69.7 Å². The summed E-state index contributed by atoms with van der Waals surface area (Å²) >= 11 is 3.56. The quantitative estimate of drug-likeness (QED) is 0.617. The van der Waals surface area contributed by atoms with Crippen LogP contribution < -0.4 is 4.74 Å². The lowest BCUT2D eigenvalue weighted by Crippen LogP contribution is -2.35. The molecule has 0 N–H and O–H groups in total. The Morgan fingerprint density at radius 1 is 1.19 bits per heavy atom. The van der Waals surface area contributed by atoms with Crippen molar-refractivity contribution in [1.82, 2.24) is 4.90 Å².